The fraction of sp³-hybridized carbons (Fsp3) is 0.538. The molecule has 2 heterocycles. The molecule has 1 atom stereocenters. The number of hydrogen-bond acceptors (Lipinski definition) is 5. The molecule has 1 N–H and O–H groups in total. The zero-order chi connectivity index (χ0) is 12.4. The van der Waals surface area contributed by atoms with E-state index in [0.29, 0.717) is 12.8 Å². The predicted octanol–water partition coefficient (Wildman–Crippen LogP) is 1.41. The van der Waals surface area contributed by atoms with Crippen molar-refractivity contribution < 1.29 is 9.47 Å². The normalized spacial score (nSPS) is 23.3. The molecule has 3 rings (SSSR count). The largest absolute Gasteiger partial charge is 0.454 e. The summed E-state index contributed by atoms with van der Waals surface area (Å²) in [4.78, 5) is 3.62. The number of nitrogens with zero attached hydrogens (tertiary/aromatic N) is 1. The first-order chi connectivity index (χ1) is 8.81. The van der Waals surface area contributed by atoms with Crippen LogP contribution in [-0.2, 0) is 0 Å². The number of likely N-dealkylation sites (N-methyl/N-ethyl adjacent to an activating group) is 1. The molecule has 2 aliphatic rings. The Morgan fingerprint density at radius 2 is 2.28 bits per heavy atom. The molecule has 5 heteroatoms. The van der Waals surface area contributed by atoms with E-state index in [1.165, 1.54) is 4.90 Å². The summed E-state index contributed by atoms with van der Waals surface area (Å²) >= 11 is 1.87. The molecule has 18 heavy (non-hydrogen) atoms. The van der Waals surface area contributed by atoms with Gasteiger partial charge in [0.1, 0.15) is 0 Å². The number of fused-ring (bicyclic) bond motifs is 1. The third kappa shape index (κ3) is 2.74. The van der Waals surface area contributed by atoms with Crippen LogP contribution in [0.5, 0.6) is 11.5 Å². The zero-order valence-electron chi connectivity index (χ0n) is 10.5. The Morgan fingerprint density at radius 1 is 1.39 bits per heavy atom. The number of hydrogen-bond donors (Lipinski definition) is 1. The summed E-state index contributed by atoms with van der Waals surface area (Å²) in [5, 5.41) is 3.55. The van der Waals surface area contributed by atoms with Crippen LogP contribution in [0.3, 0.4) is 0 Å². The lowest BCUT2D eigenvalue weighted by Gasteiger charge is -2.30. The monoisotopic (exact) mass is 266 g/mol. The molecule has 0 radical (unpaired) electrons. The van der Waals surface area contributed by atoms with E-state index in [0.717, 1.165) is 36.9 Å². The molecule has 0 saturated carbocycles. The fourth-order valence-electron chi connectivity index (χ4n) is 2.27. The van der Waals surface area contributed by atoms with Crippen LogP contribution in [-0.4, -0.2) is 50.2 Å². The first kappa shape index (κ1) is 12.1. The number of piperazine rings is 1. The van der Waals surface area contributed by atoms with Crippen LogP contribution in [0.2, 0.25) is 0 Å². The molecule has 0 aromatic heterocycles. The summed E-state index contributed by atoms with van der Waals surface area (Å²) in [6.07, 6.45) is 0. The lowest BCUT2D eigenvalue weighted by Crippen LogP contribution is -2.50. The highest BCUT2D eigenvalue weighted by molar-refractivity contribution is 7.99. The van der Waals surface area contributed by atoms with E-state index in [1.54, 1.807) is 0 Å². The summed E-state index contributed by atoms with van der Waals surface area (Å²) < 4.78 is 10.7. The summed E-state index contributed by atoms with van der Waals surface area (Å²) in [6, 6.07) is 6.73. The lowest BCUT2D eigenvalue weighted by molar-refractivity contribution is 0.174. The van der Waals surface area contributed by atoms with E-state index in [9.17, 15) is 0 Å². The number of nitrogens with one attached hydrogen (secondary N) is 1. The Balaban J connectivity index is 1.56. The summed E-state index contributed by atoms with van der Waals surface area (Å²) in [7, 11) is 2.18. The quantitative estimate of drug-likeness (QED) is 0.837. The topological polar surface area (TPSA) is 33.7 Å². The van der Waals surface area contributed by atoms with Crippen molar-refractivity contribution in [1.82, 2.24) is 10.2 Å². The first-order valence-electron chi connectivity index (χ1n) is 6.25. The highest BCUT2D eigenvalue weighted by Gasteiger charge is 2.17. The van der Waals surface area contributed by atoms with Gasteiger partial charge in [0.05, 0.1) is 0 Å². The Hall–Kier alpha value is -0.910. The SMILES string of the molecule is CN1CCNC(CSc2ccc3c(c2)OCO3)C1. The van der Waals surface area contributed by atoms with Gasteiger partial charge in [-0.1, -0.05) is 0 Å². The van der Waals surface area contributed by atoms with Gasteiger partial charge < -0.3 is 19.7 Å². The number of rotatable bonds is 3. The minimum atomic E-state index is 0.346. The van der Waals surface area contributed by atoms with Crippen molar-refractivity contribution in [2.45, 2.75) is 10.9 Å². The van der Waals surface area contributed by atoms with Crippen molar-refractivity contribution in [2.24, 2.45) is 0 Å². The van der Waals surface area contributed by atoms with Crippen LogP contribution in [0.4, 0.5) is 0 Å². The van der Waals surface area contributed by atoms with E-state index in [-0.39, 0.29) is 0 Å². The number of thioether (sulfide) groups is 1. The van der Waals surface area contributed by atoms with E-state index >= 15 is 0 Å². The molecule has 0 amide bonds. The molecule has 1 fully saturated rings. The Kier molecular flexibility index (Phi) is 3.63. The van der Waals surface area contributed by atoms with Gasteiger partial charge in [0.25, 0.3) is 0 Å². The standard InChI is InChI=1S/C13H18N2O2S/c1-15-5-4-14-10(7-15)8-18-11-2-3-12-13(6-11)17-9-16-12/h2-3,6,10,14H,4-5,7-9H2,1H3. The molecule has 0 spiro atoms. The van der Waals surface area contributed by atoms with Crippen molar-refractivity contribution in [2.75, 3.05) is 39.2 Å². The van der Waals surface area contributed by atoms with Gasteiger partial charge in [-0.05, 0) is 25.2 Å². The summed E-state index contributed by atoms with van der Waals surface area (Å²) in [6.45, 7) is 3.70. The molecule has 1 aromatic carbocycles. The molecule has 2 aliphatic heterocycles. The van der Waals surface area contributed by atoms with Gasteiger partial charge >= 0.3 is 0 Å². The van der Waals surface area contributed by atoms with Crippen LogP contribution in [0.15, 0.2) is 23.1 Å². The van der Waals surface area contributed by atoms with Gasteiger partial charge in [0.2, 0.25) is 6.79 Å². The van der Waals surface area contributed by atoms with Crippen LogP contribution in [0, 0.1) is 0 Å². The highest BCUT2D eigenvalue weighted by atomic mass is 32.2. The molecular formula is C13H18N2O2S. The van der Waals surface area contributed by atoms with E-state index in [1.807, 2.05) is 17.8 Å². The van der Waals surface area contributed by atoms with Gasteiger partial charge in [-0.25, -0.2) is 0 Å². The molecule has 4 nitrogen and oxygen atoms in total. The lowest BCUT2D eigenvalue weighted by atomic mass is 10.2. The van der Waals surface area contributed by atoms with Gasteiger partial charge in [0, 0.05) is 36.3 Å². The maximum atomic E-state index is 5.39. The van der Waals surface area contributed by atoms with Crippen LogP contribution in [0.25, 0.3) is 0 Å². The van der Waals surface area contributed by atoms with Crippen LogP contribution >= 0.6 is 11.8 Å². The molecular weight excluding hydrogens is 248 g/mol. The van der Waals surface area contributed by atoms with E-state index in [2.05, 4.69) is 29.4 Å². The third-order valence-corrected chi connectivity index (χ3v) is 4.41. The third-order valence-electron chi connectivity index (χ3n) is 3.25. The average Bonchev–Trinajstić information content (AvgIpc) is 2.84. The Bertz CT molecular complexity index is 427. The smallest absolute Gasteiger partial charge is 0.231 e. The average molecular weight is 266 g/mol. The molecule has 0 aliphatic carbocycles. The van der Waals surface area contributed by atoms with E-state index in [4.69, 9.17) is 9.47 Å². The Labute approximate surface area is 112 Å². The first-order valence-corrected chi connectivity index (χ1v) is 7.24. The van der Waals surface area contributed by atoms with Gasteiger partial charge in [-0.15, -0.1) is 11.8 Å². The van der Waals surface area contributed by atoms with Crippen molar-refractivity contribution >= 4 is 11.8 Å². The minimum Gasteiger partial charge on any atom is -0.454 e. The van der Waals surface area contributed by atoms with Crippen LogP contribution < -0.4 is 14.8 Å². The molecule has 1 aromatic rings. The zero-order valence-corrected chi connectivity index (χ0v) is 11.3. The predicted molar refractivity (Wildman–Crippen MR) is 72.6 cm³/mol. The number of benzene rings is 1. The number of ether oxygens (including phenoxy) is 2. The van der Waals surface area contributed by atoms with Gasteiger partial charge in [0.15, 0.2) is 11.5 Å². The van der Waals surface area contributed by atoms with Crippen molar-refractivity contribution in [1.29, 1.82) is 0 Å². The van der Waals surface area contributed by atoms with Crippen molar-refractivity contribution in [3.63, 3.8) is 0 Å². The molecule has 1 unspecified atom stereocenters. The highest BCUT2D eigenvalue weighted by Crippen LogP contribution is 2.35. The molecule has 98 valence electrons. The second kappa shape index (κ2) is 5.38. The minimum absolute atomic E-state index is 0.346. The fourth-order valence-corrected chi connectivity index (χ4v) is 3.24. The Morgan fingerprint density at radius 3 is 3.17 bits per heavy atom. The van der Waals surface area contributed by atoms with E-state index < -0.39 is 0 Å². The van der Waals surface area contributed by atoms with Crippen molar-refractivity contribution in [3.05, 3.63) is 18.2 Å². The second-order valence-electron chi connectivity index (χ2n) is 4.74. The second-order valence-corrected chi connectivity index (χ2v) is 5.83. The maximum Gasteiger partial charge on any atom is 0.231 e. The molecule has 1 saturated heterocycles. The summed E-state index contributed by atoms with van der Waals surface area (Å²) in [5.41, 5.74) is 0. The van der Waals surface area contributed by atoms with Gasteiger partial charge in [-0.3, -0.25) is 0 Å². The van der Waals surface area contributed by atoms with Crippen LogP contribution in [0.1, 0.15) is 0 Å². The van der Waals surface area contributed by atoms with Crippen molar-refractivity contribution in [3.8, 4) is 11.5 Å². The summed E-state index contributed by atoms with van der Waals surface area (Å²) in [5.74, 6) is 2.81. The molecule has 0 bridgehead atoms. The van der Waals surface area contributed by atoms with Gasteiger partial charge in [-0.2, -0.15) is 0 Å². The maximum absolute atomic E-state index is 5.39.